The van der Waals surface area contributed by atoms with E-state index in [9.17, 15) is 0 Å². The van der Waals surface area contributed by atoms with Crippen molar-refractivity contribution in [1.29, 1.82) is 0 Å². The minimum absolute atomic E-state index is 0.419. The summed E-state index contributed by atoms with van der Waals surface area (Å²) in [4.78, 5) is 5.41. The molecule has 0 amide bonds. The van der Waals surface area contributed by atoms with E-state index in [4.69, 9.17) is 5.73 Å². The van der Waals surface area contributed by atoms with Gasteiger partial charge in [0.1, 0.15) is 0 Å². The van der Waals surface area contributed by atoms with Gasteiger partial charge in [-0.25, -0.2) is 0 Å². The third-order valence-electron chi connectivity index (χ3n) is 5.93. The van der Waals surface area contributed by atoms with E-state index in [1.165, 1.54) is 70.9 Å². The quantitative estimate of drug-likeness (QED) is 0.789. The number of rotatable bonds is 1. The molecule has 3 nitrogen and oxygen atoms in total. The van der Waals surface area contributed by atoms with Crippen LogP contribution in [0, 0.1) is 0 Å². The lowest BCUT2D eigenvalue weighted by molar-refractivity contribution is 0.133. The van der Waals surface area contributed by atoms with Crippen LogP contribution >= 0.6 is 0 Å². The van der Waals surface area contributed by atoms with Crippen molar-refractivity contribution < 1.29 is 0 Å². The maximum absolute atomic E-state index is 6.51. The van der Waals surface area contributed by atoms with E-state index in [0.29, 0.717) is 12.1 Å². The van der Waals surface area contributed by atoms with Crippen molar-refractivity contribution in [2.24, 2.45) is 5.73 Å². The molecule has 0 aromatic rings. The molecule has 3 fully saturated rings. The normalized spacial score (nSPS) is 42.6. The first kappa shape index (κ1) is 13.8. The van der Waals surface area contributed by atoms with E-state index >= 15 is 0 Å². The van der Waals surface area contributed by atoms with Gasteiger partial charge in [0.15, 0.2) is 0 Å². The highest BCUT2D eigenvalue weighted by Crippen LogP contribution is 2.31. The average Bonchev–Trinajstić information content (AvgIpc) is 2.61. The fraction of sp³-hybridized carbons (Fsp3) is 1.00. The molecule has 3 rings (SSSR count). The molecule has 0 spiro atoms. The molecule has 0 aromatic heterocycles. The highest BCUT2D eigenvalue weighted by molar-refractivity contribution is 4.94. The number of likely N-dealkylation sites (tertiary alicyclic amines) is 1. The van der Waals surface area contributed by atoms with Gasteiger partial charge in [0, 0.05) is 37.3 Å². The van der Waals surface area contributed by atoms with Gasteiger partial charge in [-0.15, -0.1) is 0 Å². The number of nitrogens with zero attached hydrogens (tertiary/aromatic N) is 2. The molecule has 2 aliphatic heterocycles. The predicted molar refractivity (Wildman–Crippen MR) is 80.2 cm³/mol. The van der Waals surface area contributed by atoms with Gasteiger partial charge >= 0.3 is 0 Å². The lowest BCUT2D eigenvalue weighted by atomic mass is 9.91. The second-order valence-corrected chi connectivity index (χ2v) is 7.06. The highest BCUT2D eigenvalue weighted by Gasteiger charge is 2.37. The lowest BCUT2D eigenvalue weighted by Crippen LogP contribution is -2.51. The van der Waals surface area contributed by atoms with Crippen molar-refractivity contribution >= 4 is 0 Å². The maximum atomic E-state index is 6.51. The van der Waals surface area contributed by atoms with E-state index in [0.717, 1.165) is 12.1 Å². The van der Waals surface area contributed by atoms with Crippen molar-refractivity contribution in [2.75, 3.05) is 20.1 Å². The highest BCUT2D eigenvalue weighted by atomic mass is 15.3. The molecule has 3 aliphatic rings. The summed E-state index contributed by atoms with van der Waals surface area (Å²) in [5, 5.41) is 0. The van der Waals surface area contributed by atoms with Crippen LogP contribution in [0.4, 0.5) is 0 Å². The summed E-state index contributed by atoms with van der Waals surface area (Å²) >= 11 is 0. The number of fused-ring (bicyclic) bond motifs is 2. The van der Waals surface area contributed by atoms with Gasteiger partial charge in [0.2, 0.25) is 0 Å². The molecular weight excluding hydrogens is 234 g/mol. The van der Waals surface area contributed by atoms with Crippen LogP contribution in [0.5, 0.6) is 0 Å². The van der Waals surface area contributed by atoms with Gasteiger partial charge in [-0.2, -0.15) is 0 Å². The van der Waals surface area contributed by atoms with E-state index < -0.39 is 0 Å². The zero-order chi connectivity index (χ0) is 13.2. The predicted octanol–water partition coefficient (Wildman–Crippen LogP) is 2.20. The fourth-order valence-corrected chi connectivity index (χ4v) is 4.58. The van der Waals surface area contributed by atoms with Crippen LogP contribution in [-0.2, 0) is 0 Å². The average molecular weight is 265 g/mol. The topological polar surface area (TPSA) is 32.5 Å². The summed E-state index contributed by atoms with van der Waals surface area (Å²) in [6.07, 6.45) is 12.3. The Bertz CT molecular complexity index is 294. The second-order valence-electron chi connectivity index (χ2n) is 7.06. The first-order valence-corrected chi connectivity index (χ1v) is 8.47. The van der Waals surface area contributed by atoms with Crippen LogP contribution in [-0.4, -0.2) is 54.1 Å². The third kappa shape index (κ3) is 2.98. The molecule has 0 aromatic carbocycles. The zero-order valence-corrected chi connectivity index (χ0v) is 12.6. The third-order valence-corrected chi connectivity index (χ3v) is 5.93. The van der Waals surface area contributed by atoms with Crippen molar-refractivity contribution in [3.8, 4) is 0 Å². The molecule has 2 N–H and O–H groups in total. The molecule has 110 valence electrons. The van der Waals surface area contributed by atoms with E-state index in [2.05, 4.69) is 16.8 Å². The molecule has 1 saturated carbocycles. The molecule has 0 radical (unpaired) electrons. The SMILES string of the molecule is CN1C2CCC1CN(C1CCCCCCC1N)CC2. The van der Waals surface area contributed by atoms with Crippen LogP contribution in [0.25, 0.3) is 0 Å². The van der Waals surface area contributed by atoms with Gasteiger partial charge in [0.05, 0.1) is 0 Å². The molecular formula is C16H31N3. The Morgan fingerprint density at radius 3 is 2.42 bits per heavy atom. The van der Waals surface area contributed by atoms with Crippen LogP contribution in [0.15, 0.2) is 0 Å². The number of hydrogen-bond acceptors (Lipinski definition) is 3. The van der Waals surface area contributed by atoms with Crippen LogP contribution in [0.1, 0.15) is 57.8 Å². The maximum Gasteiger partial charge on any atom is 0.0247 e. The first-order chi connectivity index (χ1) is 9.25. The summed E-state index contributed by atoms with van der Waals surface area (Å²) < 4.78 is 0. The van der Waals surface area contributed by atoms with Gasteiger partial charge < -0.3 is 5.73 Å². The Kier molecular flexibility index (Phi) is 4.45. The van der Waals surface area contributed by atoms with Crippen LogP contribution < -0.4 is 5.73 Å². The molecule has 19 heavy (non-hydrogen) atoms. The first-order valence-electron chi connectivity index (χ1n) is 8.47. The molecule has 3 heteroatoms. The Morgan fingerprint density at radius 1 is 0.842 bits per heavy atom. The molecule has 4 unspecified atom stereocenters. The Hall–Kier alpha value is -0.120. The second kappa shape index (κ2) is 6.11. The van der Waals surface area contributed by atoms with Crippen molar-refractivity contribution in [3.63, 3.8) is 0 Å². The minimum Gasteiger partial charge on any atom is -0.326 e. The van der Waals surface area contributed by atoms with Gasteiger partial charge in [-0.3, -0.25) is 9.80 Å². The molecule has 2 bridgehead atoms. The van der Waals surface area contributed by atoms with E-state index in [1.54, 1.807) is 0 Å². The lowest BCUT2D eigenvalue weighted by Gasteiger charge is -2.38. The minimum atomic E-state index is 0.419. The van der Waals surface area contributed by atoms with E-state index in [-0.39, 0.29) is 0 Å². The summed E-state index contributed by atoms with van der Waals surface area (Å²) in [7, 11) is 2.34. The molecule has 4 atom stereocenters. The van der Waals surface area contributed by atoms with Crippen molar-refractivity contribution in [3.05, 3.63) is 0 Å². The monoisotopic (exact) mass is 265 g/mol. The Morgan fingerprint density at radius 2 is 1.58 bits per heavy atom. The van der Waals surface area contributed by atoms with Gasteiger partial charge in [-0.1, -0.05) is 25.7 Å². The molecule has 2 saturated heterocycles. The van der Waals surface area contributed by atoms with Crippen LogP contribution in [0.2, 0.25) is 0 Å². The molecule has 2 heterocycles. The van der Waals surface area contributed by atoms with Gasteiger partial charge in [0.25, 0.3) is 0 Å². The largest absolute Gasteiger partial charge is 0.326 e. The summed E-state index contributed by atoms with van der Waals surface area (Å²) in [6.45, 7) is 2.55. The molecule has 1 aliphatic carbocycles. The van der Waals surface area contributed by atoms with Crippen molar-refractivity contribution in [2.45, 2.75) is 82.0 Å². The summed E-state index contributed by atoms with van der Waals surface area (Å²) in [6, 6.07) is 2.72. The number of hydrogen-bond donors (Lipinski definition) is 1. The Labute approximate surface area is 118 Å². The fourth-order valence-electron chi connectivity index (χ4n) is 4.58. The zero-order valence-electron chi connectivity index (χ0n) is 12.6. The smallest absolute Gasteiger partial charge is 0.0247 e. The standard InChI is InChI=1S/C16H31N3/c1-18-13-8-9-14(18)12-19(11-10-13)16-7-5-3-2-4-6-15(16)17/h13-16H,2-12,17H2,1H3. The van der Waals surface area contributed by atoms with Crippen molar-refractivity contribution in [1.82, 2.24) is 9.80 Å². The summed E-state index contributed by atoms with van der Waals surface area (Å²) in [5.74, 6) is 0. The van der Waals surface area contributed by atoms with Gasteiger partial charge in [-0.05, 0) is 39.2 Å². The van der Waals surface area contributed by atoms with E-state index in [1.807, 2.05) is 0 Å². The number of likely N-dealkylation sites (N-methyl/N-ethyl adjacent to an activating group) is 1. The summed E-state index contributed by atoms with van der Waals surface area (Å²) in [5.41, 5.74) is 6.51. The number of nitrogens with two attached hydrogens (primary N) is 1. The van der Waals surface area contributed by atoms with Crippen LogP contribution in [0.3, 0.4) is 0 Å². The Balaban J connectivity index is 1.66.